The third-order valence-corrected chi connectivity index (χ3v) is 3.19. The van der Waals surface area contributed by atoms with Crippen molar-refractivity contribution in [2.24, 2.45) is 5.84 Å². The van der Waals surface area contributed by atoms with Gasteiger partial charge in [0.15, 0.2) is 4.90 Å². The predicted molar refractivity (Wildman–Crippen MR) is 52.3 cm³/mol. The summed E-state index contributed by atoms with van der Waals surface area (Å²) in [6.45, 7) is 1.46. The van der Waals surface area contributed by atoms with E-state index in [1.807, 2.05) is 0 Å². The SMILES string of the molecule is Cc1cccc([N+](=O)[O-])c1S(=O)(=O)NN. The standard InChI is InChI=1S/C7H9N3O4S/c1-5-3-2-4-6(10(11)12)7(5)15(13,14)9-8/h2-4,9H,8H2,1H3. The maximum atomic E-state index is 11.4. The topological polar surface area (TPSA) is 115 Å². The Hall–Kier alpha value is -1.51. The van der Waals surface area contributed by atoms with Gasteiger partial charge < -0.3 is 0 Å². The van der Waals surface area contributed by atoms with E-state index in [1.165, 1.54) is 19.1 Å². The third kappa shape index (κ3) is 2.12. The molecule has 0 aliphatic rings. The second-order valence-electron chi connectivity index (χ2n) is 2.80. The fourth-order valence-corrected chi connectivity index (χ4v) is 2.22. The zero-order valence-electron chi connectivity index (χ0n) is 7.80. The van der Waals surface area contributed by atoms with Crippen molar-refractivity contribution in [1.29, 1.82) is 0 Å². The fraction of sp³-hybridized carbons (Fsp3) is 0.143. The highest BCUT2D eigenvalue weighted by Crippen LogP contribution is 2.25. The summed E-state index contributed by atoms with van der Waals surface area (Å²) >= 11 is 0. The van der Waals surface area contributed by atoms with Gasteiger partial charge in [-0.15, -0.1) is 4.83 Å². The van der Waals surface area contributed by atoms with Gasteiger partial charge in [0.2, 0.25) is 0 Å². The van der Waals surface area contributed by atoms with Crippen molar-refractivity contribution in [1.82, 2.24) is 4.83 Å². The van der Waals surface area contributed by atoms with Crippen molar-refractivity contribution in [2.45, 2.75) is 11.8 Å². The molecular weight excluding hydrogens is 222 g/mol. The average molecular weight is 231 g/mol. The Balaban J connectivity index is 3.59. The number of hydrogen-bond donors (Lipinski definition) is 2. The Morgan fingerprint density at radius 1 is 1.47 bits per heavy atom. The molecule has 3 N–H and O–H groups in total. The summed E-state index contributed by atoms with van der Waals surface area (Å²) in [5.41, 5.74) is -0.227. The smallest absolute Gasteiger partial charge is 0.258 e. The van der Waals surface area contributed by atoms with E-state index in [-0.39, 0.29) is 5.56 Å². The molecule has 0 radical (unpaired) electrons. The number of nitrogens with two attached hydrogens (primary N) is 1. The molecule has 15 heavy (non-hydrogen) atoms. The largest absolute Gasteiger partial charge is 0.289 e. The lowest BCUT2D eigenvalue weighted by Gasteiger charge is -2.05. The average Bonchev–Trinajstić information content (AvgIpc) is 2.17. The van der Waals surface area contributed by atoms with E-state index < -0.39 is 25.5 Å². The van der Waals surface area contributed by atoms with Crippen LogP contribution in [-0.2, 0) is 10.0 Å². The minimum absolute atomic E-state index is 0.266. The van der Waals surface area contributed by atoms with Crippen molar-refractivity contribution in [3.63, 3.8) is 0 Å². The minimum atomic E-state index is -4.02. The number of nitrogens with one attached hydrogen (secondary N) is 1. The van der Waals surface area contributed by atoms with Crippen LogP contribution in [0, 0.1) is 17.0 Å². The predicted octanol–water partition coefficient (Wildman–Crippen LogP) is 0.0552. The second-order valence-corrected chi connectivity index (χ2v) is 4.45. The van der Waals surface area contributed by atoms with Crippen LogP contribution >= 0.6 is 0 Å². The Labute approximate surface area is 86.1 Å². The molecule has 82 valence electrons. The number of rotatable bonds is 3. The van der Waals surface area contributed by atoms with E-state index in [0.717, 1.165) is 6.07 Å². The first kappa shape index (κ1) is 11.6. The Bertz CT molecular complexity index is 497. The van der Waals surface area contributed by atoms with Gasteiger partial charge in [0.25, 0.3) is 15.7 Å². The number of sulfonamides is 1. The van der Waals surface area contributed by atoms with Crippen molar-refractivity contribution in [2.75, 3.05) is 0 Å². The number of aryl methyl sites for hydroxylation is 1. The number of hydrogen-bond acceptors (Lipinski definition) is 5. The first-order valence-corrected chi connectivity index (χ1v) is 5.35. The van der Waals surface area contributed by atoms with Crippen molar-refractivity contribution < 1.29 is 13.3 Å². The zero-order valence-corrected chi connectivity index (χ0v) is 8.61. The fourth-order valence-electron chi connectivity index (χ4n) is 1.19. The molecule has 8 heteroatoms. The molecule has 0 saturated carbocycles. The Morgan fingerprint density at radius 2 is 2.07 bits per heavy atom. The molecule has 0 heterocycles. The summed E-state index contributed by atoms with van der Waals surface area (Å²) in [4.78, 5) is 11.0. The van der Waals surface area contributed by atoms with Crippen LogP contribution in [0.4, 0.5) is 5.69 Å². The highest BCUT2D eigenvalue weighted by molar-refractivity contribution is 7.89. The van der Waals surface area contributed by atoms with E-state index in [4.69, 9.17) is 5.84 Å². The lowest BCUT2D eigenvalue weighted by molar-refractivity contribution is -0.387. The van der Waals surface area contributed by atoms with E-state index in [0.29, 0.717) is 0 Å². The van der Waals surface area contributed by atoms with E-state index in [9.17, 15) is 18.5 Å². The van der Waals surface area contributed by atoms with Crippen molar-refractivity contribution in [3.8, 4) is 0 Å². The van der Waals surface area contributed by atoms with Gasteiger partial charge in [-0.2, -0.15) is 0 Å². The molecule has 0 aromatic heterocycles. The van der Waals surface area contributed by atoms with Gasteiger partial charge in [0.05, 0.1) is 4.92 Å². The number of nitro groups is 1. The van der Waals surface area contributed by atoms with Crippen LogP contribution in [0.1, 0.15) is 5.56 Å². The summed E-state index contributed by atoms with van der Waals surface area (Å²) < 4.78 is 22.8. The molecule has 1 aromatic rings. The molecular formula is C7H9N3O4S. The lowest BCUT2D eigenvalue weighted by Crippen LogP contribution is -2.31. The minimum Gasteiger partial charge on any atom is -0.258 e. The highest BCUT2D eigenvalue weighted by atomic mass is 32.2. The molecule has 0 saturated heterocycles. The maximum absolute atomic E-state index is 11.4. The lowest BCUT2D eigenvalue weighted by atomic mass is 10.2. The van der Waals surface area contributed by atoms with Crippen LogP contribution in [-0.4, -0.2) is 13.3 Å². The quantitative estimate of drug-likeness (QED) is 0.433. The molecule has 0 aliphatic heterocycles. The van der Waals surface area contributed by atoms with Gasteiger partial charge in [-0.25, -0.2) is 8.42 Å². The van der Waals surface area contributed by atoms with Crippen LogP contribution in [0.3, 0.4) is 0 Å². The summed E-state index contributed by atoms with van der Waals surface area (Å²) in [5.74, 6) is 4.82. The van der Waals surface area contributed by atoms with Crippen LogP contribution < -0.4 is 10.7 Å². The van der Waals surface area contributed by atoms with Crippen LogP contribution in [0.25, 0.3) is 0 Å². The van der Waals surface area contributed by atoms with E-state index in [1.54, 1.807) is 4.83 Å². The zero-order chi connectivity index (χ0) is 11.6. The number of benzene rings is 1. The molecule has 0 bridgehead atoms. The number of nitro benzene ring substituents is 1. The second kappa shape index (κ2) is 3.93. The van der Waals surface area contributed by atoms with Gasteiger partial charge >= 0.3 is 0 Å². The van der Waals surface area contributed by atoms with Crippen molar-refractivity contribution in [3.05, 3.63) is 33.9 Å². The maximum Gasteiger partial charge on any atom is 0.289 e. The first-order valence-electron chi connectivity index (χ1n) is 3.86. The summed E-state index contributed by atoms with van der Waals surface area (Å²) in [6.07, 6.45) is 0. The van der Waals surface area contributed by atoms with E-state index >= 15 is 0 Å². The molecule has 0 spiro atoms. The molecule has 1 aromatic carbocycles. The molecule has 0 amide bonds. The van der Waals surface area contributed by atoms with Gasteiger partial charge in [-0.1, -0.05) is 12.1 Å². The molecule has 0 unspecified atom stereocenters. The molecule has 0 aliphatic carbocycles. The Morgan fingerprint density at radius 3 is 2.53 bits per heavy atom. The monoisotopic (exact) mass is 231 g/mol. The van der Waals surface area contributed by atoms with Gasteiger partial charge in [0.1, 0.15) is 0 Å². The molecule has 0 fully saturated rings. The molecule has 7 nitrogen and oxygen atoms in total. The molecule has 0 atom stereocenters. The van der Waals surface area contributed by atoms with Gasteiger partial charge in [-0.3, -0.25) is 16.0 Å². The van der Waals surface area contributed by atoms with Crippen LogP contribution in [0.15, 0.2) is 23.1 Å². The van der Waals surface area contributed by atoms with E-state index in [2.05, 4.69) is 0 Å². The highest BCUT2D eigenvalue weighted by Gasteiger charge is 2.26. The molecule has 1 rings (SSSR count). The number of nitrogens with zero attached hydrogens (tertiary/aromatic N) is 1. The third-order valence-electron chi connectivity index (χ3n) is 1.81. The van der Waals surface area contributed by atoms with Crippen LogP contribution in [0.5, 0.6) is 0 Å². The van der Waals surface area contributed by atoms with Gasteiger partial charge in [0, 0.05) is 6.07 Å². The van der Waals surface area contributed by atoms with Crippen LogP contribution in [0.2, 0.25) is 0 Å². The summed E-state index contributed by atoms with van der Waals surface area (Å²) in [5, 5.41) is 10.6. The first-order chi connectivity index (χ1) is 6.90. The summed E-state index contributed by atoms with van der Waals surface area (Å²) in [6, 6.07) is 3.97. The van der Waals surface area contributed by atoms with Crippen molar-refractivity contribution >= 4 is 15.7 Å². The Kier molecular flexibility index (Phi) is 3.03. The van der Waals surface area contributed by atoms with Gasteiger partial charge in [-0.05, 0) is 12.5 Å². The number of hydrazine groups is 1. The normalized spacial score (nSPS) is 11.3. The summed E-state index contributed by atoms with van der Waals surface area (Å²) in [7, 11) is -4.02.